The summed E-state index contributed by atoms with van der Waals surface area (Å²) in [5.74, 6) is -2.15. The van der Waals surface area contributed by atoms with E-state index in [0.717, 1.165) is 15.3 Å². The van der Waals surface area contributed by atoms with E-state index in [0.29, 0.717) is 24.1 Å². The van der Waals surface area contributed by atoms with Gasteiger partial charge in [0.15, 0.2) is 0 Å². The van der Waals surface area contributed by atoms with Crippen molar-refractivity contribution in [2.45, 2.75) is 44.7 Å². The van der Waals surface area contributed by atoms with Crippen LogP contribution in [0.4, 0.5) is 30.7 Å². The number of hydrogen-bond donors (Lipinski definition) is 0. The van der Waals surface area contributed by atoms with E-state index < -0.39 is 65.3 Å². The zero-order valence-corrected chi connectivity index (χ0v) is 21.6. The minimum absolute atomic E-state index is 0.0545. The highest BCUT2D eigenvalue weighted by Gasteiger charge is 2.39. The maximum atomic E-state index is 13.6. The van der Waals surface area contributed by atoms with Gasteiger partial charge in [-0.1, -0.05) is 12.1 Å². The molecule has 208 valence electrons. The minimum Gasteiger partial charge on any atom is -0.330 e. The summed E-state index contributed by atoms with van der Waals surface area (Å²) >= 11 is 1.51. The van der Waals surface area contributed by atoms with Crippen LogP contribution in [0.25, 0.3) is 0 Å². The van der Waals surface area contributed by atoms with Crippen LogP contribution in [0.3, 0.4) is 0 Å². The quantitative estimate of drug-likeness (QED) is 0.311. The Morgan fingerprint density at radius 2 is 1.56 bits per heavy atom. The number of alkyl halides is 6. The molecular weight excluding hydrogens is 549 g/mol. The minimum atomic E-state index is -5.12. The van der Waals surface area contributed by atoms with Crippen molar-refractivity contribution in [3.05, 3.63) is 92.4 Å². The molecule has 0 saturated heterocycles. The molecule has 2 heterocycles. The van der Waals surface area contributed by atoms with E-state index in [-0.39, 0.29) is 12.6 Å². The predicted octanol–water partition coefficient (Wildman–Crippen LogP) is 6.95. The Labute approximate surface area is 223 Å². The van der Waals surface area contributed by atoms with Crippen LogP contribution in [-0.2, 0) is 23.6 Å². The number of rotatable bonds is 5. The second kappa shape index (κ2) is 10.6. The number of carbonyl (C=O) groups is 2. The third kappa shape index (κ3) is 6.10. The molecule has 0 bridgehead atoms. The van der Waals surface area contributed by atoms with Crippen LogP contribution in [0.5, 0.6) is 0 Å². The first kappa shape index (κ1) is 28.6. The molecule has 2 aromatic carbocycles. The van der Waals surface area contributed by atoms with Crippen molar-refractivity contribution in [1.82, 2.24) is 9.80 Å². The molecule has 1 aliphatic rings. The summed E-state index contributed by atoms with van der Waals surface area (Å²) in [6, 6.07) is 6.79. The van der Waals surface area contributed by atoms with Crippen LogP contribution in [0, 0.1) is 5.82 Å². The van der Waals surface area contributed by atoms with Gasteiger partial charge in [0.1, 0.15) is 12.4 Å². The van der Waals surface area contributed by atoms with Crippen molar-refractivity contribution in [3.63, 3.8) is 0 Å². The maximum Gasteiger partial charge on any atom is 0.416 e. The molecule has 2 amide bonds. The average Bonchev–Trinajstić information content (AvgIpc) is 3.34. The Hall–Kier alpha value is -3.41. The topological polar surface area (TPSA) is 40.6 Å². The number of amides is 2. The summed E-state index contributed by atoms with van der Waals surface area (Å²) in [6.45, 7) is 2.70. The van der Waals surface area contributed by atoms with Gasteiger partial charge in [0.25, 0.3) is 5.91 Å². The Morgan fingerprint density at radius 1 is 0.974 bits per heavy atom. The molecule has 1 aromatic heterocycles. The van der Waals surface area contributed by atoms with Crippen LogP contribution < -0.4 is 0 Å². The number of benzene rings is 2. The molecule has 1 unspecified atom stereocenters. The lowest BCUT2D eigenvalue weighted by atomic mass is 9.93. The van der Waals surface area contributed by atoms with Crippen molar-refractivity contribution in [3.8, 4) is 0 Å². The van der Waals surface area contributed by atoms with Gasteiger partial charge in [-0.05, 0) is 73.2 Å². The molecular formula is C27H23F7N2O2S. The molecule has 0 N–H and O–H groups in total. The smallest absolute Gasteiger partial charge is 0.330 e. The number of hydrogen-bond acceptors (Lipinski definition) is 3. The predicted molar refractivity (Wildman–Crippen MR) is 131 cm³/mol. The SMILES string of the molecule is CC(C)N(CC(=O)N1CCc2sccc2C1c1ccc(F)cc1)C(=O)c1cc(C(F)(F)F)cc(C(F)(F)F)c1. The molecule has 0 fully saturated rings. The van der Waals surface area contributed by atoms with E-state index in [1.54, 1.807) is 12.1 Å². The molecule has 4 rings (SSSR count). The number of thiophene rings is 1. The zero-order chi connectivity index (χ0) is 28.7. The lowest BCUT2D eigenvalue weighted by Gasteiger charge is -2.38. The molecule has 0 saturated carbocycles. The van der Waals surface area contributed by atoms with Crippen molar-refractivity contribution in [1.29, 1.82) is 0 Å². The fourth-order valence-corrected chi connectivity index (χ4v) is 5.46. The third-order valence-corrected chi connectivity index (χ3v) is 7.49. The van der Waals surface area contributed by atoms with E-state index >= 15 is 0 Å². The van der Waals surface area contributed by atoms with Crippen LogP contribution in [0.2, 0.25) is 0 Å². The highest BCUT2D eigenvalue weighted by Crippen LogP contribution is 2.39. The van der Waals surface area contributed by atoms with E-state index in [1.165, 1.54) is 42.2 Å². The molecule has 0 radical (unpaired) electrons. The first-order valence-electron chi connectivity index (χ1n) is 11.9. The largest absolute Gasteiger partial charge is 0.416 e. The highest BCUT2D eigenvalue weighted by molar-refractivity contribution is 7.10. The first-order valence-corrected chi connectivity index (χ1v) is 12.8. The van der Waals surface area contributed by atoms with Crippen LogP contribution in [0.15, 0.2) is 53.9 Å². The monoisotopic (exact) mass is 572 g/mol. The van der Waals surface area contributed by atoms with Gasteiger partial charge < -0.3 is 9.80 Å². The van der Waals surface area contributed by atoms with Gasteiger partial charge in [-0.3, -0.25) is 9.59 Å². The van der Waals surface area contributed by atoms with Crippen LogP contribution >= 0.6 is 11.3 Å². The third-order valence-electron chi connectivity index (χ3n) is 6.50. The zero-order valence-electron chi connectivity index (χ0n) is 20.7. The second-order valence-corrected chi connectivity index (χ2v) is 10.4. The second-order valence-electron chi connectivity index (χ2n) is 9.41. The van der Waals surface area contributed by atoms with Crippen LogP contribution in [0.1, 0.15) is 57.4 Å². The average molecular weight is 573 g/mol. The van der Waals surface area contributed by atoms with Crippen molar-refractivity contribution < 1.29 is 40.3 Å². The highest BCUT2D eigenvalue weighted by atomic mass is 32.1. The summed E-state index contributed by atoms with van der Waals surface area (Å²) in [6.07, 6.45) is -9.72. The molecule has 0 spiro atoms. The Balaban J connectivity index is 1.67. The van der Waals surface area contributed by atoms with Gasteiger partial charge in [-0.15, -0.1) is 11.3 Å². The van der Waals surface area contributed by atoms with E-state index in [2.05, 4.69) is 0 Å². The lowest BCUT2D eigenvalue weighted by molar-refractivity contribution is -0.143. The number of carbonyl (C=O) groups excluding carboxylic acids is 2. The summed E-state index contributed by atoms with van der Waals surface area (Å²) in [5.41, 5.74) is -2.60. The number of halogens is 7. The van der Waals surface area contributed by atoms with Gasteiger partial charge in [-0.2, -0.15) is 26.3 Å². The summed E-state index contributed by atoms with van der Waals surface area (Å²) < 4.78 is 93.8. The molecule has 39 heavy (non-hydrogen) atoms. The normalized spacial score (nSPS) is 15.8. The summed E-state index contributed by atoms with van der Waals surface area (Å²) in [7, 11) is 0. The van der Waals surface area contributed by atoms with Gasteiger partial charge in [0.05, 0.1) is 17.2 Å². The van der Waals surface area contributed by atoms with E-state index in [9.17, 15) is 40.3 Å². The van der Waals surface area contributed by atoms with Crippen molar-refractivity contribution in [2.24, 2.45) is 0 Å². The molecule has 4 nitrogen and oxygen atoms in total. The summed E-state index contributed by atoms with van der Waals surface area (Å²) in [5, 5.41) is 1.87. The lowest BCUT2D eigenvalue weighted by Crippen LogP contribution is -2.48. The van der Waals surface area contributed by atoms with Crippen molar-refractivity contribution >= 4 is 23.2 Å². The molecule has 3 aromatic rings. The summed E-state index contributed by atoms with van der Waals surface area (Å²) in [4.78, 5) is 30.4. The van der Waals surface area contributed by atoms with Crippen molar-refractivity contribution in [2.75, 3.05) is 13.1 Å². The fourth-order valence-electron chi connectivity index (χ4n) is 4.56. The van der Waals surface area contributed by atoms with Crippen LogP contribution in [-0.4, -0.2) is 40.7 Å². The fraction of sp³-hybridized carbons (Fsp3) is 0.333. The van der Waals surface area contributed by atoms with Gasteiger partial charge in [0, 0.05) is 23.0 Å². The van der Waals surface area contributed by atoms with E-state index in [1.807, 2.05) is 11.4 Å². The number of nitrogens with zero attached hydrogens (tertiary/aromatic N) is 2. The molecule has 1 atom stereocenters. The molecule has 1 aliphatic heterocycles. The van der Waals surface area contributed by atoms with Gasteiger partial charge in [0.2, 0.25) is 5.91 Å². The van der Waals surface area contributed by atoms with Gasteiger partial charge in [-0.25, -0.2) is 4.39 Å². The Morgan fingerprint density at radius 3 is 2.10 bits per heavy atom. The first-order chi connectivity index (χ1) is 18.2. The maximum absolute atomic E-state index is 13.6. The van der Waals surface area contributed by atoms with Gasteiger partial charge >= 0.3 is 12.4 Å². The van der Waals surface area contributed by atoms with E-state index in [4.69, 9.17) is 0 Å². The molecule has 0 aliphatic carbocycles. The Bertz CT molecular complexity index is 1330. The Kier molecular flexibility index (Phi) is 7.79. The number of fused-ring (bicyclic) bond motifs is 1. The standard InChI is InChI=1S/C27H23F7N2O2S/c1-15(2)36(25(38)17-11-18(26(29,30)31)13-19(12-17)27(32,33)34)14-23(37)35-9-7-22-21(8-10-39-22)24(35)16-3-5-20(28)6-4-16/h3-6,8,10-13,15,24H,7,9,14H2,1-2H3. The molecule has 12 heteroatoms.